The maximum atomic E-state index is 13.3. The number of anilines is 2. The molecule has 0 radical (unpaired) electrons. The molecule has 2 aliphatic rings. The van der Waals surface area contributed by atoms with E-state index in [9.17, 15) is 14.4 Å². The van der Waals surface area contributed by atoms with Gasteiger partial charge in [-0.2, -0.15) is 0 Å². The quantitative estimate of drug-likeness (QED) is 0.428. The van der Waals surface area contributed by atoms with Crippen LogP contribution in [0.3, 0.4) is 0 Å². The molecule has 1 fully saturated rings. The van der Waals surface area contributed by atoms with E-state index in [1.54, 1.807) is 30.3 Å². The number of rotatable bonds is 5. The molecule has 3 amide bonds. The van der Waals surface area contributed by atoms with Crippen molar-refractivity contribution >= 4 is 63.0 Å². The first-order chi connectivity index (χ1) is 14.9. The first-order valence-electron chi connectivity index (χ1n) is 9.57. The van der Waals surface area contributed by atoms with Gasteiger partial charge in [0, 0.05) is 17.8 Å². The Labute approximate surface area is 189 Å². The van der Waals surface area contributed by atoms with Gasteiger partial charge in [-0.15, -0.1) is 6.58 Å². The summed E-state index contributed by atoms with van der Waals surface area (Å²) in [6.45, 7) is 5.73. The minimum atomic E-state index is -0.389. The smallest absolute Gasteiger partial charge is 0.267 e. The number of carbonyl (C=O) groups is 3. The number of para-hydroxylation sites is 1. The summed E-state index contributed by atoms with van der Waals surface area (Å²) in [4.78, 5) is 42.0. The zero-order chi connectivity index (χ0) is 22.1. The fraction of sp³-hybridized carbons (Fsp3) is 0.130. The van der Waals surface area contributed by atoms with Crippen LogP contribution >= 0.6 is 24.0 Å². The highest BCUT2D eigenvalue weighted by Gasteiger charge is 2.42. The molecular formula is C23H19N3O3S2. The van der Waals surface area contributed by atoms with Gasteiger partial charge in [-0.05, 0) is 25.1 Å². The zero-order valence-corrected chi connectivity index (χ0v) is 18.4. The first-order valence-corrected chi connectivity index (χ1v) is 10.8. The molecule has 0 unspecified atom stereocenters. The molecule has 0 saturated carbocycles. The van der Waals surface area contributed by atoms with Gasteiger partial charge < -0.3 is 5.32 Å². The lowest BCUT2D eigenvalue weighted by molar-refractivity contribution is -0.122. The van der Waals surface area contributed by atoms with Gasteiger partial charge in [-0.3, -0.25) is 24.2 Å². The molecule has 0 spiro atoms. The van der Waals surface area contributed by atoms with E-state index in [1.165, 1.54) is 9.80 Å². The lowest BCUT2D eigenvalue weighted by Gasteiger charge is -2.17. The number of hydrogen-bond donors (Lipinski definition) is 1. The minimum absolute atomic E-state index is 0.166. The van der Waals surface area contributed by atoms with Crippen molar-refractivity contribution in [3.8, 4) is 0 Å². The zero-order valence-electron chi connectivity index (χ0n) is 16.8. The van der Waals surface area contributed by atoms with Crippen LogP contribution in [0.15, 0.2) is 66.1 Å². The van der Waals surface area contributed by atoms with Gasteiger partial charge in [0.2, 0.25) is 5.91 Å². The molecule has 1 N–H and O–H groups in total. The maximum Gasteiger partial charge on any atom is 0.267 e. The van der Waals surface area contributed by atoms with Gasteiger partial charge in [0.05, 0.1) is 16.2 Å². The largest absolute Gasteiger partial charge is 0.325 e. The molecule has 8 heteroatoms. The number of benzene rings is 2. The molecule has 156 valence electrons. The van der Waals surface area contributed by atoms with Gasteiger partial charge in [0.25, 0.3) is 11.8 Å². The molecular weight excluding hydrogens is 430 g/mol. The molecule has 0 aromatic heterocycles. The lowest BCUT2D eigenvalue weighted by Crippen LogP contribution is -2.35. The van der Waals surface area contributed by atoms with Crippen molar-refractivity contribution < 1.29 is 14.4 Å². The average molecular weight is 450 g/mol. The fourth-order valence-corrected chi connectivity index (χ4v) is 4.82. The second-order valence-electron chi connectivity index (χ2n) is 7.10. The minimum Gasteiger partial charge on any atom is -0.325 e. The number of carbonyl (C=O) groups excluding carboxylic acids is 3. The highest BCUT2D eigenvalue weighted by molar-refractivity contribution is 8.26. The number of fused-ring (bicyclic) bond motifs is 1. The van der Waals surface area contributed by atoms with Crippen molar-refractivity contribution in [2.45, 2.75) is 6.92 Å². The van der Waals surface area contributed by atoms with Gasteiger partial charge in [-0.25, -0.2) is 0 Å². The molecule has 1 saturated heterocycles. The van der Waals surface area contributed by atoms with E-state index >= 15 is 0 Å². The SMILES string of the molecule is C=CCN1C(=O)/C(=C2/C(=O)N(CC(=O)Nc3ccc(C)cc3)c3ccccc32)SC1=S. The molecule has 2 aliphatic heterocycles. The Hall–Kier alpha value is -3.23. The van der Waals surface area contributed by atoms with Crippen LogP contribution in [0.1, 0.15) is 11.1 Å². The predicted molar refractivity (Wildman–Crippen MR) is 128 cm³/mol. The van der Waals surface area contributed by atoms with E-state index in [2.05, 4.69) is 11.9 Å². The Morgan fingerprint density at radius 1 is 1.10 bits per heavy atom. The van der Waals surface area contributed by atoms with Crippen LogP contribution in [0.2, 0.25) is 0 Å². The van der Waals surface area contributed by atoms with Crippen LogP contribution in [0, 0.1) is 6.92 Å². The number of amides is 3. The van der Waals surface area contributed by atoms with Gasteiger partial charge in [0.1, 0.15) is 10.9 Å². The van der Waals surface area contributed by atoms with Crippen LogP contribution in [0.4, 0.5) is 11.4 Å². The van der Waals surface area contributed by atoms with E-state index in [-0.39, 0.29) is 41.3 Å². The summed E-state index contributed by atoms with van der Waals surface area (Å²) in [5.41, 5.74) is 3.23. The Kier molecular flexibility index (Phi) is 5.75. The Balaban J connectivity index is 1.64. The predicted octanol–water partition coefficient (Wildman–Crippen LogP) is 3.74. The van der Waals surface area contributed by atoms with E-state index in [4.69, 9.17) is 12.2 Å². The number of hydrogen-bond acceptors (Lipinski definition) is 5. The maximum absolute atomic E-state index is 13.3. The number of thioether (sulfide) groups is 1. The third-order valence-electron chi connectivity index (χ3n) is 4.95. The molecule has 4 rings (SSSR count). The van der Waals surface area contributed by atoms with Crippen molar-refractivity contribution in [2.24, 2.45) is 0 Å². The molecule has 2 aromatic rings. The lowest BCUT2D eigenvalue weighted by atomic mass is 10.1. The van der Waals surface area contributed by atoms with Crippen molar-refractivity contribution in [3.05, 3.63) is 77.2 Å². The fourth-order valence-electron chi connectivity index (χ4n) is 3.47. The first kappa shape index (κ1) is 21.0. The summed E-state index contributed by atoms with van der Waals surface area (Å²) in [5.74, 6) is -1.04. The topological polar surface area (TPSA) is 69.7 Å². The third-order valence-corrected chi connectivity index (χ3v) is 6.40. The summed E-state index contributed by atoms with van der Waals surface area (Å²) in [7, 11) is 0. The second kappa shape index (κ2) is 8.49. The van der Waals surface area contributed by atoms with Crippen molar-refractivity contribution in [2.75, 3.05) is 23.3 Å². The molecule has 6 nitrogen and oxygen atoms in total. The van der Waals surface area contributed by atoms with Crippen LogP contribution in [0.25, 0.3) is 5.57 Å². The highest BCUT2D eigenvalue weighted by Crippen LogP contribution is 2.44. The molecule has 0 bridgehead atoms. The van der Waals surface area contributed by atoms with Crippen LogP contribution < -0.4 is 10.2 Å². The summed E-state index contributed by atoms with van der Waals surface area (Å²) in [6, 6.07) is 14.6. The number of nitrogens with zero attached hydrogens (tertiary/aromatic N) is 2. The van der Waals surface area contributed by atoms with E-state index in [0.717, 1.165) is 17.3 Å². The Morgan fingerprint density at radius 2 is 1.81 bits per heavy atom. The second-order valence-corrected chi connectivity index (χ2v) is 8.74. The molecule has 0 atom stereocenters. The molecule has 0 aliphatic carbocycles. The average Bonchev–Trinajstić information content (AvgIpc) is 3.18. The third kappa shape index (κ3) is 3.92. The summed E-state index contributed by atoms with van der Waals surface area (Å²) >= 11 is 6.41. The molecule has 2 heterocycles. The van der Waals surface area contributed by atoms with Gasteiger partial charge in [0.15, 0.2) is 0 Å². The van der Waals surface area contributed by atoms with E-state index in [0.29, 0.717) is 21.3 Å². The van der Waals surface area contributed by atoms with Gasteiger partial charge >= 0.3 is 0 Å². The van der Waals surface area contributed by atoms with Crippen molar-refractivity contribution in [1.29, 1.82) is 0 Å². The van der Waals surface area contributed by atoms with Crippen LogP contribution in [-0.2, 0) is 14.4 Å². The Morgan fingerprint density at radius 3 is 2.52 bits per heavy atom. The summed E-state index contributed by atoms with van der Waals surface area (Å²) in [6.07, 6.45) is 1.59. The van der Waals surface area contributed by atoms with E-state index in [1.807, 2.05) is 31.2 Å². The monoisotopic (exact) mass is 449 g/mol. The van der Waals surface area contributed by atoms with Crippen molar-refractivity contribution in [1.82, 2.24) is 4.90 Å². The highest BCUT2D eigenvalue weighted by atomic mass is 32.2. The summed E-state index contributed by atoms with van der Waals surface area (Å²) < 4.78 is 0.383. The van der Waals surface area contributed by atoms with Crippen LogP contribution in [-0.4, -0.2) is 40.0 Å². The number of nitrogens with one attached hydrogen (secondary N) is 1. The normalized spacial score (nSPS) is 17.9. The Bertz CT molecular complexity index is 1150. The van der Waals surface area contributed by atoms with Crippen molar-refractivity contribution in [3.63, 3.8) is 0 Å². The molecule has 2 aromatic carbocycles. The standard InChI is InChI=1S/C23H19N3O3S2/c1-3-12-25-22(29)20(31-23(25)30)19-16-6-4-5-7-17(16)26(21(19)28)13-18(27)24-15-10-8-14(2)9-11-15/h3-11H,1,12-13H2,2H3,(H,24,27)/b20-19-. The molecule has 31 heavy (non-hydrogen) atoms. The van der Waals surface area contributed by atoms with Gasteiger partial charge in [-0.1, -0.05) is 66.0 Å². The number of aryl methyl sites for hydroxylation is 1. The number of thiocarbonyl (C=S) groups is 1. The van der Waals surface area contributed by atoms with E-state index < -0.39 is 0 Å². The van der Waals surface area contributed by atoms with Crippen LogP contribution in [0.5, 0.6) is 0 Å². The summed E-state index contributed by atoms with van der Waals surface area (Å²) in [5, 5.41) is 2.81.